The minimum absolute atomic E-state index is 0.246. The summed E-state index contributed by atoms with van der Waals surface area (Å²) in [5.41, 5.74) is 2.96. The predicted octanol–water partition coefficient (Wildman–Crippen LogP) is 4.48. The Labute approximate surface area is 118 Å². The first kappa shape index (κ1) is 14.3. The molecule has 0 aromatic heterocycles. The predicted molar refractivity (Wildman–Crippen MR) is 84.5 cm³/mol. The standard InChI is InChI=1S/C18H27N/c1-18(2,3)17-11-9-16(10-12-17)8-7-15-19-13-5-4-6-14-19/h7-12H,4-6,13-15H2,1-3H3/b8-7+. The summed E-state index contributed by atoms with van der Waals surface area (Å²) in [6.07, 6.45) is 8.70. The van der Waals surface area contributed by atoms with E-state index in [1.807, 2.05) is 0 Å². The zero-order valence-corrected chi connectivity index (χ0v) is 12.7. The Balaban J connectivity index is 1.88. The van der Waals surface area contributed by atoms with Gasteiger partial charge >= 0.3 is 0 Å². The van der Waals surface area contributed by atoms with Crippen LogP contribution < -0.4 is 0 Å². The fourth-order valence-corrected chi connectivity index (χ4v) is 2.57. The number of benzene rings is 1. The van der Waals surface area contributed by atoms with Crippen LogP contribution in [0.15, 0.2) is 30.3 Å². The molecule has 1 heteroatoms. The maximum absolute atomic E-state index is 2.55. The normalized spacial score (nSPS) is 18.1. The lowest BCUT2D eigenvalue weighted by Crippen LogP contribution is -2.29. The summed E-state index contributed by atoms with van der Waals surface area (Å²) in [5, 5.41) is 0. The molecule has 2 rings (SSSR count). The van der Waals surface area contributed by atoms with Gasteiger partial charge in [-0.3, -0.25) is 4.90 Å². The summed E-state index contributed by atoms with van der Waals surface area (Å²) in [5.74, 6) is 0. The minimum atomic E-state index is 0.246. The van der Waals surface area contributed by atoms with Gasteiger partial charge in [-0.1, -0.05) is 63.6 Å². The van der Waals surface area contributed by atoms with Crippen molar-refractivity contribution in [3.63, 3.8) is 0 Å². The van der Waals surface area contributed by atoms with Crippen molar-refractivity contribution in [3.05, 3.63) is 41.5 Å². The monoisotopic (exact) mass is 257 g/mol. The molecule has 1 aromatic rings. The van der Waals surface area contributed by atoms with E-state index in [-0.39, 0.29) is 5.41 Å². The number of rotatable bonds is 3. The third kappa shape index (κ3) is 4.50. The zero-order valence-electron chi connectivity index (χ0n) is 12.7. The van der Waals surface area contributed by atoms with E-state index < -0.39 is 0 Å². The Hall–Kier alpha value is -1.08. The van der Waals surface area contributed by atoms with Gasteiger partial charge in [-0.2, -0.15) is 0 Å². The molecule has 104 valence electrons. The largest absolute Gasteiger partial charge is 0.300 e. The fraction of sp³-hybridized carbons (Fsp3) is 0.556. The summed E-state index contributed by atoms with van der Waals surface area (Å²) in [6, 6.07) is 8.96. The highest BCUT2D eigenvalue weighted by molar-refractivity contribution is 5.50. The van der Waals surface area contributed by atoms with Gasteiger partial charge in [0, 0.05) is 6.54 Å². The second-order valence-electron chi connectivity index (χ2n) is 6.64. The third-order valence-electron chi connectivity index (χ3n) is 3.90. The lowest BCUT2D eigenvalue weighted by atomic mass is 9.87. The van der Waals surface area contributed by atoms with Crippen molar-refractivity contribution in [3.8, 4) is 0 Å². The topological polar surface area (TPSA) is 3.24 Å². The molecule has 1 aliphatic rings. The molecule has 0 amide bonds. The van der Waals surface area contributed by atoms with Crippen molar-refractivity contribution in [2.75, 3.05) is 19.6 Å². The first-order valence-electron chi connectivity index (χ1n) is 7.55. The smallest absolute Gasteiger partial charge is 0.0166 e. The summed E-state index contributed by atoms with van der Waals surface area (Å²) < 4.78 is 0. The van der Waals surface area contributed by atoms with Crippen molar-refractivity contribution in [2.45, 2.75) is 45.4 Å². The zero-order chi connectivity index (χ0) is 13.7. The Morgan fingerprint density at radius 2 is 1.63 bits per heavy atom. The SMILES string of the molecule is CC(C)(C)c1ccc(/C=C/CN2CCCCC2)cc1. The van der Waals surface area contributed by atoms with Crippen molar-refractivity contribution in [1.29, 1.82) is 0 Å². The lowest BCUT2D eigenvalue weighted by molar-refractivity contribution is 0.252. The third-order valence-corrected chi connectivity index (χ3v) is 3.90. The van der Waals surface area contributed by atoms with E-state index in [9.17, 15) is 0 Å². The van der Waals surface area contributed by atoms with E-state index in [1.54, 1.807) is 0 Å². The summed E-state index contributed by atoms with van der Waals surface area (Å²) >= 11 is 0. The minimum Gasteiger partial charge on any atom is -0.300 e. The summed E-state index contributed by atoms with van der Waals surface area (Å²) in [7, 11) is 0. The molecule has 1 aromatic carbocycles. The van der Waals surface area contributed by atoms with E-state index in [2.05, 4.69) is 62.1 Å². The van der Waals surface area contributed by atoms with Gasteiger partial charge < -0.3 is 0 Å². The van der Waals surface area contributed by atoms with Crippen LogP contribution in [0.25, 0.3) is 6.08 Å². The van der Waals surface area contributed by atoms with Gasteiger partial charge in [-0.25, -0.2) is 0 Å². The van der Waals surface area contributed by atoms with Gasteiger partial charge in [0.15, 0.2) is 0 Å². The second-order valence-corrected chi connectivity index (χ2v) is 6.64. The van der Waals surface area contributed by atoms with Gasteiger partial charge in [-0.05, 0) is 42.5 Å². The van der Waals surface area contributed by atoms with Crippen LogP contribution in [0.2, 0.25) is 0 Å². The number of hydrogen-bond acceptors (Lipinski definition) is 1. The van der Waals surface area contributed by atoms with Crippen LogP contribution in [0.1, 0.15) is 51.2 Å². The number of nitrogens with zero attached hydrogens (tertiary/aromatic N) is 1. The van der Waals surface area contributed by atoms with Crippen molar-refractivity contribution in [2.24, 2.45) is 0 Å². The summed E-state index contributed by atoms with van der Waals surface area (Å²) in [4.78, 5) is 2.55. The molecule has 0 saturated carbocycles. The van der Waals surface area contributed by atoms with Crippen LogP contribution in [0.3, 0.4) is 0 Å². The first-order chi connectivity index (χ1) is 9.05. The molecule has 1 aliphatic heterocycles. The van der Waals surface area contributed by atoms with Gasteiger partial charge in [-0.15, -0.1) is 0 Å². The van der Waals surface area contributed by atoms with E-state index >= 15 is 0 Å². The highest BCUT2D eigenvalue weighted by Gasteiger charge is 2.12. The number of hydrogen-bond donors (Lipinski definition) is 0. The van der Waals surface area contributed by atoms with E-state index in [0.717, 1.165) is 6.54 Å². The van der Waals surface area contributed by atoms with Gasteiger partial charge in [0.25, 0.3) is 0 Å². The maximum Gasteiger partial charge on any atom is 0.0166 e. The quantitative estimate of drug-likeness (QED) is 0.771. The van der Waals surface area contributed by atoms with E-state index in [1.165, 1.54) is 43.5 Å². The molecule has 1 fully saturated rings. The fourth-order valence-electron chi connectivity index (χ4n) is 2.57. The van der Waals surface area contributed by atoms with Crippen LogP contribution in [-0.2, 0) is 5.41 Å². The molecule has 0 atom stereocenters. The molecule has 0 radical (unpaired) electrons. The number of piperidine rings is 1. The van der Waals surface area contributed by atoms with Crippen molar-refractivity contribution < 1.29 is 0 Å². The molecule has 0 bridgehead atoms. The molecule has 1 nitrogen and oxygen atoms in total. The molecule has 1 saturated heterocycles. The van der Waals surface area contributed by atoms with Crippen LogP contribution >= 0.6 is 0 Å². The lowest BCUT2D eigenvalue weighted by Gasteiger charge is -2.24. The number of likely N-dealkylation sites (tertiary alicyclic amines) is 1. The average molecular weight is 257 g/mol. The van der Waals surface area contributed by atoms with Gasteiger partial charge in [0.05, 0.1) is 0 Å². The molecule has 0 N–H and O–H groups in total. The van der Waals surface area contributed by atoms with Gasteiger partial charge in [0.2, 0.25) is 0 Å². The molecule has 0 unspecified atom stereocenters. The Morgan fingerprint density at radius 1 is 1.00 bits per heavy atom. The molecule has 1 heterocycles. The van der Waals surface area contributed by atoms with Gasteiger partial charge in [0.1, 0.15) is 0 Å². The molecule has 0 aliphatic carbocycles. The average Bonchev–Trinajstić information content (AvgIpc) is 2.39. The molecular formula is C18H27N. The Bertz CT molecular complexity index is 402. The first-order valence-corrected chi connectivity index (χ1v) is 7.55. The van der Waals surface area contributed by atoms with Crippen LogP contribution in [0, 0.1) is 0 Å². The van der Waals surface area contributed by atoms with E-state index in [0.29, 0.717) is 0 Å². The van der Waals surface area contributed by atoms with Crippen LogP contribution in [-0.4, -0.2) is 24.5 Å². The Kier molecular flexibility index (Phi) is 4.81. The van der Waals surface area contributed by atoms with Crippen molar-refractivity contribution in [1.82, 2.24) is 4.90 Å². The molecule has 0 spiro atoms. The Morgan fingerprint density at radius 3 is 2.21 bits per heavy atom. The van der Waals surface area contributed by atoms with Crippen LogP contribution in [0.5, 0.6) is 0 Å². The second kappa shape index (κ2) is 6.38. The van der Waals surface area contributed by atoms with Crippen molar-refractivity contribution >= 4 is 6.08 Å². The summed E-state index contributed by atoms with van der Waals surface area (Å²) in [6.45, 7) is 10.4. The van der Waals surface area contributed by atoms with E-state index in [4.69, 9.17) is 0 Å². The molecular weight excluding hydrogens is 230 g/mol. The molecule has 19 heavy (non-hydrogen) atoms. The van der Waals surface area contributed by atoms with Crippen LogP contribution in [0.4, 0.5) is 0 Å². The highest BCUT2D eigenvalue weighted by Crippen LogP contribution is 2.22. The maximum atomic E-state index is 2.55. The highest BCUT2D eigenvalue weighted by atomic mass is 15.1.